The van der Waals surface area contributed by atoms with Crippen molar-refractivity contribution in [3.05, 3.63) is 57.6 Å². The van der Waals surface area contributed by atoms with Crippen molar-refractivity contribution in [2.45, 2.75) is 0 Å². The number of hydrogen-bond acceptors (Lipinski definition) is 5. The van der Waals surface area contributed by atoms with Crippen molar-refractivity contribution in [3.63, 3.8) is 0 Å². The molecule has 0 fully saturated rings. The van der Waals surface area contributed by atoms with Gasteiger partial charge in [0.1, 0.15) is 5.75 Å². The van der Waals surface area contributed by atoms with Crippen molar-refractivity contribution >= 4 is 17.8 Å². The van der Waals surface area contributed by atoms with Crippen LogP contribution in [-0.4, -0.2) is 26.3 Å². The third-order valence-corrected chi connectivity index (χ3v) is 3.31. The highest BCUT2D eigenvalue weighted by molar-refractivity contribution is 5.77. The van der Waals surface area contributed by atoms with Crippen molar-refractivity contribution in [1.29, 1.82) is 0 Å². The molecule has 0 saturated heterocycles. The fourth-order valence-corrected chi connectivity index (χ4v) is 2.16. The third kappa shape index (κ3) is 3.60. The molecule has 2 rings (SSSR count). The number of hydrogen-bond donors (Lipinski definition) is 0. The molecule has 0 spiro atoms. The zero-order chi connectivity index (χ0) is 16.8. The molecule has 0 amide bonds. The summed E-state index contributed by atoms with van der Waals surface area (Å²) in [5.41, 5.74) is 1.28. The molecular weight excluding hydrogens is 298 g/mol. The van der Waals surface area contributed by atoms with Gasteiger partial charge in [0.05, 0.1) is 31.8 Å². The molecule has 6 heteroatoms. The average molecular weight is 315 g/mol. The Kier molecular flexibility index (Phi) is 5.19. The number of nitrogens with zero attached hydrogens (tertiary/aromatic N) is 1. The van der Waals surface area contributed by atoms with Gasteiger partial charge in [-0.2, -0.15) is 0 Å². The lowest BCUT2D eigenvalue weighted by Gasteiger charge is -2.12. The molecule has 0 unspecified atom stereocenters. The number of para-hydroxylation sites is 1. The van der Waals surface area contributed by atoms with Gasteiger partial charge in [0.25, 0.3) is 5.69 Å². The van der Waals surface area contributed by atoms with E-state index in [-0.39, 0.29) is 5.69 Å². The van der Waals surface area contributed by atoms with Crippen molar-refractivity contribution in [1.82, 2.24) is 0 Å². The highest BCUT2D eigenvalue weighted by Gasteiger charge is 2.12. The Labute approximate surface area is 134 Å². The van der Waals surface area contributed by atoms with E-state index >= 15 is 0 Å². The number of nitro groups is 1. The van der Waals surface area contributed by atoms with Crippen LogP contribution >= 0.6 is 0 Å². The van der Waals surface area contributed by atoms with Crippen LogP contribution in [0.2, 0.25) is 0 Å². The van der Waals surface area contributed by atoms with Gasteiger partial charge in [-0.15, -0.1) is 0 Å². The molecule has 0 radical (unpaired) electrons. The van der Waals surface area contributed by atoms with Crippen LogP contribution in [0.15, 0.2) is 36.4 Å². The summed E-state index contributed by atoms with van der Waals surface area (Å²) >= 11 is 0. The fourth-order valence-electron chi connectivity index (χ4n) is 2.16. The molecule has 6 nitrogen and oxygen atoms in total. The smallest absolute Gasteiger partial charge is 0.276 e. The maximum atomic E-state index is 11.1. The summed E-state index contributed by atoms with van der Waals surface area (Å²) in [5, 5.41) is 11.1. The number of rotatable bonds is 6. The van der Waals surface area contributed by atoms with Gasteiger partial charge in [-0.3, -0.25) is 10.1 Å². The first kappa shape index (κ1) is 16.4. The van der Waals surface area contributed by atoms with Crippen LogP contribution in [0.3, 0.4) is 0 Å². The summed E-state index contributed by atoms with van der Waals surface area (Å²) in [6, 6.07) is 9.99. The molecule has 0 atom stereocenters. The second kappa shape index (κ2) is 7.31. The van der Waals surface area contributed by atoms with Crippen LogP contribution in [0, 0.1) is 10.1 Å². The van der Waals surface area contributed by atoms with E-state index in [2.05, 4.69) is 0 Å². The Morgan fingerprint density at radius 3 is 2.04 bits per heavy atom. The van der Waals surface area contributed by atoms with Gasteiger partial charge in [-0.05, 0) is 18.2 Å². The number of benzene rings is 2. The first-order valence-electron chi connectivity index (χ1n) is 6.82. The Morgan fingerprint density at radius 1 is 0.870 bits per heavy atom. The van der Waals surface area contributed by atoms with Gasteiger partial charge in [0.2, 0.25) is 0 Å². The SMILES string of the molecule is COc1cc(OC)c(OC)cc1C=Cc1ccccc1[N+](=O)[O-]. The Morgan fingerprint density at radius 2 is 1.43 bits per heavy atom. The van der Waals surface area contributed by atoms with E-state index in [1.165, 1.54) is 6.07 Å². The highest BCUT2D eigenvalue weighted by Crippen LogP contribution is 2.35. The second-order valence-electron chi connectivity index (χ2n) is 4.60. The van der Waals surface area contributed by atoms with Gasteiger partial charge in [-0.25, -0.2) is 0 Å². The van der Waals surface area contributed by atoms with E-state index in [4.69, 9.17) is 14.2 Å². The monoisotopic (exact) mass is 315 g/mol. The van der Waals surface area contributed by atoms with Crippen LogP contribution in [-0.2, 0) is 0 Å². The molecule has 0 N–H and O–H groups in total. The highest BCUT2D eigenvalue weighted by atomic mass is 16.6. The zero-order valence-electron chi connectivity index (χ0n) is 13.1. The van der Waals surface area contributed by atoms with E-state index < -0.39 is 4.92 Å². The minimum Gasteiger partial charge on any atom is -0.496 e. The first-order chi connectivity index (χ1) is 11.1. The molecule has 0 heterocycles. The van der Waals surface area contributed by atoms with E-state index in [9.17, 15) is 10.1 Å². The van der Waals surface area contributed by atoms with Crippen LogP contribution in [0.4, 0.5) is 5.69 Å². The molecule has 0 aliphatic rings. The van der Waals surface area contributed by atoms with Crippen molar-refractivity contribution < 1.29 is 19.1 Å². The number of ether oxygens (including phenoxy) is 3. The van der Waals surface area contributed by atoms with Crippen molar-refractivity contribution in [3.8, 4) is 17.2 Å². The Bertz CT molecular complexity index is 740. The van der Waals surface area contributed by atoms with Crippen LogP contribution in [0.5, 0.6) is 17.2 Å². The topological polar surface area (TPSA) is 70.8 Å². The Hall–Kier alpha value is -3.02. The van der Waals surface area contributed by atoms with Crippen molar-refractivity contribution in [2.75, 3.05) is 21.3 Å². The van der Waals surface area contributed by atoms with Crippen molar-refractivity contribution in [2.24, 2.45) is 0 Å². The third-order valence-electron chi connectivity index (χ3n) is 3.31. The summed E-state index contributed by atoms with van der Waals surface area (Å²) in [5.74, 6) is 1.68. The maximum Gasteiger partial charge on any atom is 0.276 e. The van der Waals surface area contributed by atoms with Gasteiger partial charge in [0, 0.05) is 17.7 Å². The molecule has 0 aromatic heterocycles. The molecule has 2 aromatic rings. The molecule has 23 heavy (non-hydrogen) atoms. The lowest BCUT2D eigenvalue weighted by Crippen LogP contribution is -1.94. The van der Waals surface area contributed by atoms with E-state index in [1.54, 1.807) is 63.8 Å². The first-order valence-corrected chi connectivity index (χ1v) is 6.82. The standard InChI is InChI=1S/C17H17NO5/c1-21-15-11-17(23-3)16(22-2)10-13(15)9-8-12-6-4-5-7-14(12)18(19)20/h4-11H,1-3H3. The lowest BCUT2D eigenvalue weighted by atomic mass is 10.1. The minimum absolute atomic E-state index is 0.0446. The lowest BCUT2D eigenvalue weighted by molar-refractivity contribution is -0.385. The van der Waals surface area contributed by atoms with Gasteiger partial charge >= 0.3 is 0 Å². The summed E-state index contributed by atoms with van der Waals surface area (Å²) in [6.07, 6.45) is 3.41. The Balaban J connectivity index is 2.45. The van der Waals surface area contributed by atoms with E-state index in [0.29, 0.717) is 22.8 Å². The fraction of sp³-hybridized carbons (Fsp3) is 0.176. The normalized spacial score (nSPS) is 10.6. The average Bonchev–Trinajstić information content (AvgIpc) is 2.59. The quantitative estimate of drug-likeness (QED) is 0.461. The molecular formula is C17H17NO5. The van der Waals surface area contributed by atoms with Gasteiger partial charge in [0.15, 0.2) is 11.5 Å². The summed E-state index contributed by atoms with van der Waals surface area (Å²) in [6.45, 7) is 0. The summed E-state index contributed by atoms with van der Waals surface area (Å²) in [7, 11) is 4.63. The van der Waals surface area contributed by atoms with Gasteiger partial charge in [-0.1, -0.05) is 18.2 Å². The number of nitro benzene ring substituents is 1. The molecule has 0 aliphatic carbocycles. The summed E-state index contributed by atoms with van der Waals surface area (Å²) in [4.78, 5) is 10.6. The molecule has 2 aromatic carbocycles. The minimum atomic E-state index is -0.411. The molecule has 0 saturated carbocycles. The number of methoxy groups -OCH3 is 3. The predicted molar refractivity (Wildman–Crippen MR) is 88.1 cm³/mol. The summed E-state index contributed by atoms with van der Waals surface area (Å²) < 4.78 is 15.8. The largest absolute Gasteiger partial charge is 0.496 e. The predicted octanol–water partition coefficient (Wildman–Crippen LogP) is 3.79. The molecule has 0 aliphatic heterocycles. The second-order valence-corrected chi connectivity index (χ2v) is 4.60. The maximum absolute atomic E-state index is 11.1. The zero-order valence-corrected chi connectivity index (χ0v) is 13.1. The van der Waals surface area contributed by atoms with Crippen LogP contribution in [0.25, 0.3) is 12.2 Å². The van der Waals surface area contributed by atoms with Crippen LogP contribution < -0.4 is 14.2 Å². The molecule has 0 bridgehead atoms. The molecule has 120 valence electrons. The van der Waals surface area contributed by atoms with E-state index in [0.717, 1.165) is 5.56 Å². The van der Waals surface area contributed by atoms with E-state index in [1.807, 2.05) is 0 Å². The van der Waals surface area contributed by atoms with Crippen LogP contribution in [0.1, 0.15) is 11.1 Å². The van der Waals surface area contributed by atoms with Gasteiger partial charge < -0.3 is 14.2 Å².